The number of carbonyl (C=O) groups excluding carboxylic acids is 1. The van der Waals surface area contributed by atoms with Crippen LogP contribution in [0.4, 0.5) is 0 Å². The van der Waals surface area contributed by atoms with Crippen molar-refractivity contribution >= 4 is 17.7 Å². The summed E-state index contributed by atoms with van der Waals surface area (Å²) in [5.41, 5.74) is 1.60. The number of hydrogen-bond acceptors (Lipinski definition) is 5. The summed E-state index contributed by atoms with van der Waals surface area (Å²) in [5, 5.41) is 6.97. The van der Waals surface area contributed by atoms with E-state index in [4.69, 9.17) is 4.52 Å². The predicted molar refractivity (Wildman–Crippen MR) is 104 cm³/mol. The number of hydrogen-bond donors (Lipinski definition) is 1. The van der Waals surface area contributed by atoms with E-state index in [2.05, 4.69) is 22.3 Å². The maximum absolute atomic E-state index is 12.6. The van der Waals surface area contributed by atoms with Gasteiger partial charge in [-0.3, -0.25) is 4.79 Å². The van der Waals surface area contributed by atoms with E-state index in [0.717, 1.165) is 47.5 Å². The zero-order valence-corrected chi connectivity index (χ0v) is 16.3. The number of thioether (sulfide) groups is 1. The van der Waals surface area contributed by atoms with Crippen LogP contribution in [0, 0.1) is 12.8 Å². The van der Waals surface area contributed by atoms with Gasteiger partial charge in [0.15, 0.2) is 0 Å². The number of nitrogens with one attached hydrogen (secondary N) is 1. The molecule has 2 heterocycles. The Labute approximate surface area is 159 Å². The van der Waals surface area contributed by atoms with Crippen molar-refractivity contribution < 1.29 is 9.32 Å². The Bertz CT molecular complexity index is 723. The van der Waals surface area contributed by atoms with Crippen molar-refractivity contribution in [3.63, 3.8) is 0 Å². The normalized spacial score (nSPS) is 15.9. The van der Waals surface area contributed by atoms with Gasteiger partial charge in [-0.15, -0.1) is 11.8 Å². The molecule has 1 fully saturated rings. The summed E-state index contributed by atoms with van der Waals surface area (Å²) in [7, 11) is 0. The lowest BCUT2D eigenvalue weighted by Crippen LogP contribution is -2.39. The van der Waals surface area contributed by atoms with E-state index >= 15 is 0 Å². The monoisotopic (exact) mass is 373 g/mol. The van der Waals surface area contributed by atoms with Gasteiger partial charge in [0.1, 0.15) is 5.76 Å². The number of piperidine rings is 1. The highest BCUT2D eigenvalue weighted by molar-refractivity contribution is 7.98. The van der Waals surface area contributed by atoms with E-state index in [0.29, 0.717) is 12.3 Å². The molecule has 0 spiro atoms. The average Bonchev–Trinajstić information content (AvgIpc) is 3.07. The second kappa shape index (κ2) is 9.24. The molecule has 0 atom stereocenters. The van der Waals surface area contributed by atoms with Crippen LogP contribution in [0.5, 0.6) is 0 Å². The largest absolute Gasteiger partial charge is 0.360 e. The summed E-state index contributed by atoms with van der Waals surface area (Å²) in [5.74, 6) is 2.31. The molecule has 1 amide bonds. The molecule has 0 saturated carbocycles. The number of rotatable bonds is 7. The summed E-state index contributed by atoms with van der Waals surface area (Å²) < 4.78 is 5.25. The molecule has 2 aromatic rings. The topological polar surface area (TPSA) is 58.4 Å². The number of amides is 1. The predicted octanol–water partition coefficient (Wildman–Crippen LogP) is 3.74. The minimum Gasteiger partial charge on any atom is -0.360 e. The van der Waals surface area contributed by atoms with Crippen LogP contribution in [0.2, 0.25) is 0 Å². The SMILES string of the molecule is Cc1cc(CSc2ccccc2C(=O)NCCN2CCC(C)CC2)on1. The van der Waals surface area contributed by atoms with Crippen LogP contribution in [-0.4, -0.2) is 42.1 Å². The Morgan fingerprint density at radius 3 is 2.85 bits per heavy atom. The Morgan fingerprint density at radius 2 is 2.12 bits per heavy atom. The molecule has 1 aliphatic heterocycles. The van der Waals surface area contributed by atoms with Gasteiger partial charge in [0.2, 0.25) is 0 Å². The second-order valence-corrected chi connectivity index (χ2v) is 8.02. The van der Waals surface area contributed by atoms with E-state index in [-0.39, 0.29) is 5.91 Å². The Kier molecular flexibility index (Phi) is 6.74. The molecule has 1 aromatic carbocycles. The maximum atomic E-state index is 12.6. The number of benzene rings is 1. The van der Waals surface area contributed by atoms with E-state index in [9.17, 15) is 4.79 Å². The molecule has 6 heteroatoms. The number of likely N-dealkylation sites (tertiary alicyclic amines) is 1. The van der Waals surface area contributed by atoms with Crippen molar-refractivity contribution in [2.75, 3.05) is 26.2 Å². The fraction of sp³-hybridized carbons (Fsp3) is 0.500. The van der Waals surface area contributed by atoms with Crippen LogP contribution < -0.4 is 5.32 Å². The summed E-state index contributed by atoms with van der Waals surface area (Å²) in [4.78, 5) is 16.0. The number of aryl methyl sites for hydroxylation is 1. The molecule has 3 rings (SSSR count). The highest BCUT2D eigenvalue weighted by Gasteiger charge is 2.16. The van der Waals surface area contributed by atoms with Gasteiger partial charge < -0.3 is 14.7 Å². The first-order chi connectivity index (χ1) is 12.6. The zero-order valence-electron chi connectivity index (χ0n) is 15.5. The van der Waals surface area contributed by atoms with E-state index in [1.165, 1.54) is 12.8 Å². The van der Waals surface area contributed by atoms with Crippen LogP contribution in [0.3, 0.4) is 0 Å². The van der Waals surface area contributed by atoms with Gasteiger partial charge in [0.05, 0.1) is 17.0 Å². The standard InChI is InChI=1S/C20H27N3O2S/c1-15-7-10-23(11-8-15)12-9-21-20(24)18-5-3-4-6-19(18)26-14-17-13-16(2)22-25-17/h3-6,13,15H,7-12,14H2,1-2H3,(H,21,24). The van der Waals surface area contributed by atoms with Crippen LogP contribution in [-0.2, 0) is 5.75 Å². The van der Waals surface area contributed by atoms with Crippen LogP contribution in [0.1, 0.15) is 41.6 Å². The molecule has 5 nitrogen and oxygen atoms in total. The smallest absolute Gasteiger partial charge is 0.252 e. The van der Waals surface area contributed by atoms with Gasteiger partial charge in [0.25, 0.3) is 5.91 Å². The number of nitrogens with zero attached hydrogens (tertiary/aromatic N) is 2. The molecule has 1 aromatic heterocycles. The van der Waals surface area contributed by atoms with Gasteiger partial charge in [-0.1, -0.05) is 24.2 Å². The first-order valence-electron chi connectivity index (χ1n) is 9.26. The van der Waals surface area contributed by atoms with E-state index < -0.39 is 0 Å². The van der Waals surface area contributed by atoms with E-state index in [1.807, 2.05) is 37.3 Å². The maximum Gasteiger partial charge on any atom is 0.252 e. The summed E-state index contributed by atoms with van der Waals surface area (Å²) >= 11 is 1.60. The molecule has 0 radical (unpaired) electrons. The summed E-state index contributed by atoms with van der Waals surface area (Å²) in [6, 6.07) is 9.65. The van der Waals surface area contributed by atoms with Gasteiger partial charge >= 0.3 is 0 Å². The molecule has 1 N–H and O–H groups in total. The van der Waals surface area contributed by atoms with Gasteiger partial charge in [-0.05, 0) is 50.9 Å². The van der Waals surface area contributed by atoms with Crippen molar-refractivity contribution in [3.8, 4) is 0 Å². The fourth-order valence-electron chi connectivity index (χ4n) is 3.12. The van der Waals surface area contributed by atoms with Crippen LogP contribution in [0.15, 0.2) is 39.8 Å². The lowest BCUT2D eigenvalue weighted by atomic mass is 9.99. The first-order valence-corrected chi connectivity index (χ1v) is 10.2. The quantitative estimate of drug-likeness (QED) is 0.749. The minimum absolute atomic E-state index is 0.00720. The zero-order chi connectivity index (χ0) is 18.4. The van der Waals surface area contributed by atoms with Crippen molar-refractivity contribution in [3.05, 3.63) is 47.3 Å². The second-order valence-electron chi connectivity index (χ2n) is 7.00. The van der Waals surface area contributed by atoms with Crippen molar-refractivity contribution in [2.45, 2.75) is 37.3 Å². The minimum atomic E-state index is -0.00720. The first kappa shape index (κ1) is 19.0. The lowest BCUT2D eigenvalue weighted by molar-refractivity contribution is 0.0941. The summed E-state index contributed by atoms with van der Waals surface area (Å²) in [6.07, 6.45) is 2.52. The van der Waals surface area contributed by atoms with E-state index in [1.54, 1.807) is 11.8 Å². The van der Waals surface area contributed by atoms with Crippen LogP contribution in [0.25, 0.3) is 0 Å². The molecule has 1 aliphatic rings. The number of carbonyl (C=O) groups is 1. The third kappa shape index (κ3) is 5.35. The third-order valence-electron chi connectivity index (χ3n) is 4.77. The molecule has 0 unspecified atom stereocenters. The van der Waals surface area contributed by atoms with Gasteiger partial charge in [0, 0.05) is 24.1 Å². The third-order valence-corrected chi connectivity index (χ3v) is 5.86. The Hall–Kier alpha value is -1.79. The molecule has 1 saturated heterocycles. The average molecular weight is 374 g/mol. The van der Waals surface area contributed by atoms with Gasteiger partial charge in [-0.25, -0.2) is 0 Å². The molecular weight excluding hydrogens is 346 g/mol. The Balaban J connectivity index is 1.50. The lowest BCUT2D eigenvalue weighted by Gasteiger charge is -2.30. The molecule has 0 bridgehead atoms. The molecule has 26 heavy (non-hydrogen) atoms. The molecular formula is C20H27N3O2S. The number of aromatic nitrogens is 1. The van der Waals surface area contributed by atoms with Gasteiger partial charge in [-0.2, -0.15) is 0 Å². The molecule has 0 aliphatic carbocycles. The van der Waals surface area contributed by atoms with Crippen molar-refractivity contribution in [2.24, 2.45) is 5.92 Å². The highest BCUT2D eigenvalue weighted by atomic mass is 32.2. The fourth-order valence-corrected chi connectivity index (χ4v) is 4.05. The van der Waals surface area contributed by atoms with Crippen molar-refractivity contribution in [1.82, 2.24) is 15.4 Å². The molecule has 140 valence electrons. The summed E-state index contributed by atoms with van der Waals surface area (Å²) in [6.45, 7) is 8.11. The highest BCUT2D eigenvalue weighted by Crippen LogP contribution is 2.26. The van der Waals surface area contributed by atoms with Crippen LogP contribution >= 0.6 is 11.8 Å². The van der Waals surface area contributed by atoms with Crippen molar-refractivity contribution in [1.29, 1.82) is 0 Å². The Morgan fingerprint density at radius 1 is 1.35 bits per heavy atom.